The molecule has 0 spiro atoms. The molecule has 0 heterocycles. The Labute approximate surface area is 149 Å². The lowest BCUT2D eigenvalue weighted by Crippen LogP contribution is -2.40. The average Bonchev–Trinajstić information content (AvgIpc) is 2.65. The minimum atomic E-state index is -0.182. The van der Waals surface area contributed by atoms with Crippen LogP contribution in [0.4, 0.5) is 0 Å². The van der Waals surface area contributed by atoms with E-state index in [2.05, 4.69) is 10.6 Å². The van der Waals surface area contributed by atoms with Crippen LogP contribution in [-0.4, -0.2) is 38.6 Å². The fourth-order valence-corrected chi connectivity index (χ4v) is 3.40. The molecule has 25 heavy (non-hydrogen) atoms. The van der Waals surface area contributed by atoms with E-state index < -0.39 is 0 Å². The van der Waals surface area contributed by atoms with E-state index in [4.69, 9.17) is 10.5 Å². The van der Waals surface area contributed by atoms with Crippen LogP contribution in [0.5, 0.6) is 5.75 Å². The Bertz CT molecular complexity index is 583. The topological polar surface area (TPSA) is 93.5 Å². The second kappa shape index (κ2) is 9.42. The molecule has 4 N–H and O–H groups in total. The lowest BCUT2D eigenvalue weighted by Gasteiger charge is -2.35. The van der Waals surface area contributed by atoms with E-state index in [1.165, 1.54) is 6.42 Å². The summed E-state index contributed by atoms with van der Waals surface area (Å²) in [5.74, 6) is 0.474. The number of ether oxygens (including phenoxy) is 1. The van der Waals surface area contributed by atoms with Gasteiger partial charge in [-0.25, -0.2) is 0 Å². The molecular weight excluding hydrogens is 318 g/mol. The van der Waals surface area contributed by atoms with Gasteiger partial charge in [-0.1, -0.05) is 25.3 Å². The smallest absolute Gasteiger partial charge is 0.251 e. The second-order valence-corrected chi connectivity index (χ2v) is 6.78. The minimum absolute atomic E-state index is 0.0166. The second-order valence-electron chi connectivity index (χ2n) is 6.78. The van der Waals surface area contributed by atoms with Crippen molar-refractivity contribution in [2.45, 2.75) is 38.5 Å². The molecule has 0 saturated heterocycles. The third-order valence-corrected chi connectivity index (χ3v) is 4.95. The lowest BCUT2D eigenvalue weighted by molar-refractivity contribution is -0.123. The Morgan fingerprint density at radius 1 is 1.16 bits per heavy atom. The van der Waals surface area contributed by atoms with Gasteiger partial charge < -0.3 is 21.1 Å². The van der Waals surface area contributed by atoms with Crippen LogP contribution in [0.15, 0.2) is 24.3 Å². The molecule has 0 aromatic heterocycles. The summed E-state index contributed by atoms with van der Waals surface area (Å²) in [5, 5.41) is 5.68. The highest BCUT2D eigenvalue weighted by Gasteiger charge is 2.32. The van der Waals surface area contributed by atoms with Crippen molar-refractivity contribution < 1.29 is 14.3 Å². The van der Waals surface area contributed by atoms with E-state index in [0.29, 0.717) is 37.4 Å². The molecule has 0 radical (unpaired) electrons. The van der Waals surface area contributed by atoms with Crippen LogP contribution in [-0.2, 0) is 4.79 Å². The van der Waals surface area contributed by atoms with Gasteiger partial charge in [0.05, 0.1) is 7.11 Å². The Morgan fingerprint density at radius 3 is 2.56 bits per heavy atom. The van der Waals surface area contributed by atoms with Crippen molar-refractivity contribution in [1.82, 2.24) is 10.6 Å². The number of carbonyl (C=O) groups excluding carboxylic acids is 2. The molecule has 6 heteroatoms. The van der Waals surface area contributed by atoms with Crippen molar-refractivity contribution in [2.75, 3.05) is 26.7 Å². The quantitative estimate of drug-likeness (QED) is 0.626. The normalized spacial score (nSPS) is 16.1. The molecular formula is C19H29N3O3. The third kappa shape index (κ3) is 5.74. The maximum Gasteiger partial charge on any atom is 0.251 e. The molecule has 138 valence electrons. The molecule has 1 aromatic carbocycles. The zero-order valence-corrected chi connectivity index (χ0v) is 15.0. The molecule has 1 aliphatic rings. The van der Waals surface area contributed by atoms with Gasteiger partial charge in [-0.15, -0.1) is 0 Å². The number of carbonyl (C=O) groups is 2. The first-order valence-corrected chi connectivity index (χ1v) is 8.98. The van der Waals surface area contributed by atoms with Gasteiger partial charge in [0.1, 0.15) is 5.75 Å². The van der Waals surface area contributed by atoms with Crippen LogP contribution in [0.3, 0.4) is 0 Å². The van der Waals surface area contributed by atoms with Gasteiger partial charge >= 0.3 is 0 Å². The molecule has 1 aliphatic carbocycles. The Hall–Kier alpha value is -2.08. The van der Waals surface area contributed by atoms with Gasteiger partial charge in [-0.05, 0) is 43.0 Å². The standard InChI is InChI=1S/C19H29N3O3/c1-25-16-7-5-6-15(12-16)18(24)22-11-10-21-17(23)13-19(14-20)8-3-2-4-9-19/h5-7,12H,2-4,8-11,13-14,20H2,1H3,(H,21,23)(H,22,24). The summed E-state index contributed by atoms with van der Waals surface area (Å²) in [6.45, 7) is 1.36. The fourth-order valence-electron chi connectivity index (χ4n) is 3.40. The van der Waals surface area contributed by atoms with Gasteiger partial charge in [-0.2, -0.15) is 0 Å². The molecule has 6 nitrogen and oxygen atoms in total. The molecule has 2 amide bonds. The highest BCUT2D eigenvalue weighted by atomic mass is 16.5. The number of methoxy groups -OCH3 is 1. The van der Waals surface area contributed by atoms with Crippen LogP contribution < -0.4 is 21.1 Å². The molecule has 0 unspecified atom stereocenters. The minimum Gasteiger partial charge on any atom is -0.497 e. The number of amides is 2. The summed E-state index contributed by atoms with van der Waals surface area (Å²) in [7, 11) is 1.56. The molecule has 1 saturated carbocycles. The Kier molecular flexibility index (Phi) is 7.25. The highest BCUT2D eigenvalue weighted by molar-refractivity contribution is 5.94. The van der Waals surface area contributed by atoms with Gasteiger partial charge in [0.25, 0.3) is 5.91 Å². The van der Waals surface area contributed by atoms with E-state index in [1.807, 2.05) is 0 Å². The number of nitrogens with two attached hydrogens (primary N) is 1. The average molecular weight is 347 g/mol. The first-order valence-electron chi connectivity index (χ1n) is 8.98. The zero-order valence-electron chi connectivity index (χ0n) is 15.0. The fraction of sp³-hybridized carbons (Fsp3) is 0.579. The van der Waals surface area contributed by atoms with Crippen molar-refractivity contribution in [3.8, 4) is 5.75 Å². The summed E-state index contributed by atoms with van der Waals surface area (Å²) in [6, 6.07) is 6.97. The molecule has 0 atom stereocenters. The van der Waals surface area contributed by atoms with Crippen molar-refractivity contribution in [1.29, 1.82) is 0 Å². The van der Waals surface area contributed by atoms with Crippen LogP contribution in [0, 0.1) is 5.41 Å². The summed E-state index contributed by atoms with van der Waals surface area (Å²) >= 11 is 0. The van der Waals surface area contributed by atoms with Crippen LogP contribution in [0.25, 0.3) is 0 Å². The first kappa shape index (κ1) is 19.2. The Balaban J connectivity index is 1.71. The summed E-state index contributed by atoms with van der Waals surface area (Å²) in [5.41, 5.74) is 6.42. The van der Waals surface area contributed by atoms with E-state index >= 15 is 0 Å². The lowest BCUT2D eigenvalue weighted by atomic mass is 9.71. The van der Waals surface area contributed by atoms with Gasteiger partial charge in [-0.3, -0.25) is 9.59 Å². The van der Waals surface area contributed by atoms with Gasteiger partial charge in [0, 0.05) is 25.1 Å². The van der Waals surface area contributed by atoms with Crippen LogP contribution in [0.1, 0.15) is 48.9 Å². The zero-order chi connectivity index (χ0) is 18.1. The van der Waals surface area contributed by atoms with Crippen molar-refractivity contribution >= 4 is 11.8 Å². The predicted octanol–water partition coefficient (Wildman–Crippen LogP) is 1.84. The van der Waals surface area contributed by atoms with Gasteiger partial charge in [0.15, 0.2) is 0 Å². The van der Waals surface area contributed by atoms with Crippen molar-refractivity contribution in [3.63, 3.8) is 0 Å². The third-order valence-electron chi connectivity index (χ3n) is 4.95. The molecule has 0 aliphatic heterocycles. The maximum atomic E-state index is 12.2. The Morgan fingerprint density at radius 2 is 1.88 bits per heavy atom. The van der Waals surface area contributed by atoms with E-state index in [1.54, 1.807) is 31.4 Å². The summed E-state index contributed by atoms with van der Waals surface area (Å²) in [6.07, 6.45) is 6.09. The summed E-state index contributed by atoms with van der Waals surface area (Å²) in [4.78, 5) is 24.3. The molecule has 1 fully saturated rings. The van der Waals surface area contributed by atoms with Crippen LogP contribution >= 0.6 is 0 Å². The van der Waals surface area contributed by atoms with Crippen molar-refractivity contribution in [2.24, 2.45) is 11.1 Å². The SMILES string of the molecule is COc1cccc(C(=O)NCCNC(=O)CC2(CN)CCCCC2)c1. The van der Waals surface area contributed by atoms with E-state index in [-0.39, 0.29) is 17.2 Å². The monoisotopic (exact) mass is 347 g/mol. The number of hydrogen-bond donors (Lipinski definition) is 3. The number of hydrogen-bond acceptors (Lipinski definition) is 4. The van der Waals surface area contributed by atoms with E-state index in [0.717, 1.165) is 25.7 Å². The highest BCUT2D eigenvalue weighted by Crippen LogP contribution is 2.38. The predicted molar refractivity (Wildman–Crippen MR) is 97.5 cm³/mol. The number of nitrogens with one attached hydrogen (secondary N) is 2. The van der Waals surface area contributed by atoms with Gasteiger partial charge in [0.2, 0.25) is 5.91 Å². The molecule has 2 rings (SSSR count). The van der Waals surface area contributed by atoms with Crippen molar-refractivity contribution in [3.05, 3.63) is 29.8 Å². The maximum absolute atomic E-state index is 12.2. The van der Waals surface area contributed by atoms with E-state index in [9.17, 15) is 9.59 Å². The first-order chi connectivity index (χ1) is 12.1. The van der Waals surface area contributed by atoms with Crippen LogP contribution in [0.2, 0.25) is 0 Å². The number of rotatable bonds is 8. The largest absolute Gasteiger partial charge is 0.497 e. The number of benzene rings is 1. The molecule has 0 bridgehead atoms. The molecule has 1 aromatic rings. The summed E-state index contributed by atoms with van der Waals surface area (Å²) < 4.78 is 5.11.